The number of hydrogen-bond donors (Lipinski definition) is 1. The van der Waals surface area contributed by atoms with Gasteiger partial charge in [-0.15, -0.1) is 0 Å². The molecule has 3 rings (SSSR count). The highest BCUT2D eigenvalue weighted by Gasteiger charge is 2.31. The van der Waals surface area contributed by atoms with Crippen LogP contribution in [-0.2, 0) is 11.3 Å². The number of aliphatic hydroxyl groups is 1. The Bertz CT molecular complexity index is 861. The molecule has 0 fully saturated rings. The minimum absolute atomic E-state index is 0.0482. The van der Waals surface area contributed by atoms with Gasteiger partial charge < -0.3 is 14.7 Å². The Morgan fingerprint density at radius 3 is 2.41 bits per heavy atom. The van der Waals surface area contributed by atoms with Gasteiger partial charge in [-0.3, -0.25) is 0 Å². The summed E-state index contributed by atoms with van der Waals surface area (Å²) in [5.41, 5.74) is 8.11. The standard InChI is InChI=1S/C24H31NO2/c1-16-11-12-18(13-17(16)2)22-20-10-8-7-9-19(20)14-25(6)23(22)21(15-26)27-24(3,4)5/h7-13,21,26H,14-15H2,1-6H3/t21-/m1/s1. The van der Waals surface area contributed by atoms with Crippen LogP contribution in [0.4, 0.5) is 0 Å². The number of benzene rings is 2. The van der Waals surface area contributed by atoms with Crippen LogP contribution in [-0.4, -0.2) is 35.4 Å². The molecule has 1 aliphatic rings. The zero-order chi connectivity index (χ0) is 19.8. The number of aryl methyl sites for hydroxylation is 2. The van der Waals surface area contributed by atoms with Crippen molar-refractivity contribution in [1.29, 1.82) is 0 Å². The van der Waals surface area contributed by atoms with Crippen molar-refractivity contribution in [1.82, 2.24) is 4.90 Å². The maximum atomic E-state index is 10.2. The van der Waals surface area contributed by atoms with Crippen LogP contribution in [0, 0.1) is 13.8 Å². The third kappa shape index (κ3) is 4.10. The Labute approximate surface area is 163 Å². The Hall–Kier alpha value is -2.10. The van der Waals surface area contributed by atoms with E-state index in [2.05, 4.69) is 68.3 Å². The van der Waals surface area contributed by atoms with Crippen LogP contribution in [0.2, 0.25) is 0 Å². The fraction of sp³-hybridized carbons (Fsp3) is 0.417. The van der Waals surface area contributed by atoms with Crippen LogP contribution in [0.3, 0.4) is 0 Å². The Morgan fingerprint density at radius 2 is 1.78 bits per heavy atom. The second-order valence-corrected chi connectivity index (χ2v) is 8.47. The molecule has 0 unspecified atom stereocenters. The second kappa shape index (κ2) is 7.49. The van der Waals surface area contributed by atoms with Gasteiger partial charge in [-0.2, -0.15) is 0 Å². The van der Waals surface area contributed by atoms with Crippen LogP contribution < -0.4 is 0 Å². The topological polar surface area (TPSA) is 32.7 Å². The van der Waals surface area contributed by atoms with Crippen molar-refractivity contribution in [3.8, 4) is 0 Å². The summed E-state index contributed by atoms with van der Waals surface area (Å²) in [6.45, 7) is 11.1. The summed E-state index contributed by atoms with van der Waals surface area (Å²) in [4.78, 5) is 2.22. The number of rotatable bonds is 4. The average Bonchev–Trinajstić information content (AvgIpc) is 2.60. The van der Waals surface area contributed by atoms with Gasteiger partial charge in [0.1, 0.15) is 6.10 Å². The van der Waals surface area contributed by atoms with Gasteiger partial charge in [-0.25, -0.2) is 0 Å². The highest BCUT2D eigenvalue weighted by atomic mass is 16.5. The molecule has 1 atom stereocenters. The summed E-state index contributed by atoms with van der Waals surface area (Å²) in [6.07, 6.45) is -0.375. The molecule has 1 N–H and O–H groups in total. The van der Waals surface area contributed by atoms with Crippen molar-refractivity contribution in [2.75, 3.05) is 13.7 Å². The average molecular weight is 366 g/mol. The van der Waals surface area contributed by atoms with E-state index in [4.69, 9.17) is 4.74 Å². The molecule has 0 bridgehead atoms. The van der Waals surface area contributed by atoms with Crippen LogP contribution in [0.5, 0.6) is 0 Å². The fourth-order valence-electron chi connectivity index (χ4n) is 3.79. The van der Waals surface area contributed by atoms with Crippen molar-refractivity contribution >= 4 is 5.57 Å². The van der Waals surface area contributed by atoms with Gasteiger partial charge >= 0.3 is 0 Å². The summed E-state index contributed by atoms with van der Waals surface area (Å²) in [5, 5.41) is 10.2. The molecule has 0 aromatic heterocycles. The number of hydrogen-bond acceptors (Lipinski definition) is 3. The summed E-state index contributed by atoms with van der Waals surface area (Å²) in [5.74, 6) is 0. The second-order valence-electron chi connectivity index (χ2n) is 8.47. The highest BCUT2D eigenvalue weighted by Crippen LogP contribution is 2.38. The van der Waals surface area contributed by atoms with Crippen molar-refractivity contribution in [2.45, 2.75) is 52.9 Å². The number of aliphatic hydroxyl groups excluding tert-OH is 1. The van der Waals surface area contributed by atoms with Crippen molar-refractivity contribution in [3.63, 3.8) is 0 Å². The van der Waals surface area contributed by atoms with E-state index < -0.39 is 0 Å². The Kier molecular flexibility index (Phi) is 5.45. The monoisotopic (exact) mass is 365 g/mol. The molecule has 1 aliphatic heterocycles. The van der Waals surface area contributed by atoms with E-state index in [0.29, 0.717) is 0 Å². The minimum atomic E-state index is -0.375. The number of ether oxygens (including phenoxy) is 1. The summed E-state index contributed by atoms with van der Waals surface area (Å²) in [7, 11) is 2.08. The quantitative estimate of drug-likeness (QED) is 0.853. The first kappa shape index (κ1) is 19.7. The van der Waals surface area contributed by atoms with Crippen molar-refractivity contribution in [3.05, 3.63) is 76.0 Å². The predicted octanol–water partition coefficient (Wildman–Crippen LogP) is 4.68. The van der Waals surface area contributed by atoms with E-state index in [1.165, 1.54) is 27.8 Å². The zero-order valence-corrected chi connectivity index (χ0v) is 17.3. The fourth-order valence-corrected chi connectivity index (χ4v) is 3.79. The predicted molar refractivity (Wildman–Crippen MR) is 112 cm³/mol. The molecule has 0 amide bonds. The molecule has 144 valence electrons. The van der Waals surface area contributed by atoms with Gasteiger partial charge in [0.15, 0.2) is 0 Å². The summed E-state index contributed by atoms with van der Waals surface area (Å²) < 4.78 is 6.27. The molecule has 2 aromatic carbocycles. The third-order valence-corrected chi connectivity index (χ3v) is 5.12. The summed E-state index contributed by atoms with van der Waals surface area (Å²) >= 11 is 0. The smallest absolute Gasteiger partial charge is 0.121 e. The van der Waals surface area contributed by atoms with E-state index in [9.17, 15) is 5.11 Å². The molecule has 2 aromatic rings. The van der Waals surface area contributed by atoms with Gasteiger partial charge in [0.05, 0.1) is 17.9 Å². The van der Waals surface area contributed by atoms with Crippen LogP contribution in [0.15, 0.2) is 48.2 Å². The van der Waals surface area contributed by atoms with Gasteiger partial charge in [-0.1, -0.05) is 42.5 Å². The van der Waals surface area contributed by atoms with Crippen molar-refractivity contribution in [2.24, 2.45) is 0 Å². The molecule has 0 aliphatic carbocycles. The van der Waals surface area contributed by atoms with Crippen molar-refractivity contribution < 1.29 is 9.84 Å². The number of likely N-dealkylation sites (N-methyl/N-ethyl adjacent to an activating group) is 1. The maximum Gasteiger partial charge on any atom is 0.121 e. The van der Waals surface area contributed by atoms with E-state index in [-0.39, 0.29) is 18.3 Å². The van der Waals surface area contributed by atoms with Crippen LogP contribution in [0.1, 0.15) is 48.6 Å². The first-order valence-corrected chi connectivity index (χ1v) is 9.61. The zero-order valence-electron chi connectivity index (χ0n) is 17.3. The lowest BCUT2D eigenvalue weighted by Gasteiger charge is -2.38. The molecule has 1 heterocycles. The molecule has 0 spiro atoms. The van der Waals surface area contributed by atoms with Crippen LogP contribution in [0.25, 0.3) is 5.57 Å². The van der Waals surface area contributed by atoms with Gasteiger partial charge in [0.25, 0.3) is 0 Å². The van der Waals surface area contributed by atoms with Crippen LogP contribution >= 0.6 is 0 Å². The molecule has 0 saturated heterocycles. The molecule has 27 heavy (non-hydrogen) atoms. The third-order valence-electron chi connectivity index (χ3n) is 5.12. The first-order valence-electron chi connectivity index (χ1n) is 9.61. The maximum absolute atomic E-state index is 10.2. The molecule has 0 saturated carbocycles. The van der Waals surface area contributed by atoms with E-state index >= 15 is 0 Å². The largest absolute Gasteiger partial charge is 0.393 e. The van der Waals surface area contributed by atoms with Gasteiger partial charge in [0.2, 0.25) is 0 Å². The minimum Gasteiger partial charge on any atom is -0.393 e. The molecular weight excluding hydrogens is 334 g/mol. The molecule has 3 heteroatoms. The number of nitrogens with zero attached hydrogens (tertiary/aromatic N) is 1. The van der Waals surface area contributed by atoms with Gasteiger partial charge in [0, 0.05) is 19.2 Å². The van der Waals surface area contributed by atoms with E-state index in [0.717, 1.165) is 17.8 Å². The normalized spacial score (nSPS) is 15.7. The first-order chi connectivity index (χ1) is 12.7. The van der Waals surface area contributed by atoms with E-state index in [1.54, 1.807) is 0 Å². The molecular formula is C24H31NO2. The lowest BCUT2D eigenvalue weighted by molar-refractivity contribution is -0.0717. The molecule has 3 nitrogen and oxygen atoms in total. The Morgan fingerprint density at radius 1 is 1.07 bits per heavy atom. The Balaban J connectivity index is 2.26. The van der Waals surface area contributed by atoms with Gasteiger partial charge in [-0.05, 0) is 62.4 Å². The lowest BCUT2D eigenvalue weighted by atomic mass is 9.86. The SMILES string of the molecule is Cc1ccc(C2=C([C@@H](CO)OC(C)(C)C)N(C)Cc3ccccc32)cc1C. The summed E-state index contributed by atoms with van der Waals surface area (Å²) in [6, 6.07) is 15.1. The van der Waals surface area contributed by atoms with E-state index in [1.807, 2.05) is 20.8 Å². The lowest BCUT2D eigenvalue weighted by Crippen LogP contribution is -2.39. The molecule has 0 radical (unpaired) electrons. The number of fused-ring (bicyclic) bond motifs is 1. The highest BCUT2D eigenvalue weighted by molar-refractivity contribution is 5.85.